The zero-order chi connectivity index (χ0) is 14.0. The molecule has 0 spiro atoms. The van der Waals surface area contributed by atoms with Gasteiger partial charge in [0.05, 0.1) is 6.10 Å². The SMILES string of the molecule is CN(C)CC1CC(O)CN1c1cc(C(=N)N)ccn1. The van der Waals surface area contributed by atoms with Crippen molar-refractivity contribution in [1.82, 2.24) is 9.88 Å². The van der Waals surface area contributed by atoms with Crippen molar-refractivity contribution in [3.05, 3.63) is 23.9 Å². The Labute approximate surface area is 113 Å². The summed E-state index contributed by atoms with van der Waals surface area (Å²) in [6.45, 7) is 1.44. The van der Waals surface area contributed by atoms with E-state index < -0.39 is 0 Å². The molecule has 104 valence electrons. The number of nitrogens with two attached hydrogens (primary N) is 1. The van der Waals surface area contributed by atoms with Gasteiger partial charge >= 0.3 is 0 Å². The average Bonchev–Trinajstić information content (AvgIpc) is 2.69. The quantitative estimate of drug-likeness (QED) is 0.520. The van der Waals surface area contributed by atoms with E-state index in [9.17, 15) is 5.11 Å². The van der Waals surface area contributed by atoms with Crippen LogP contribution in [0.1, 0.15) is 12.0 Å². The lowest BCUT2D eigenvalue weighted by atomic mass is 10.2. The molecule has 0 aliphatic carbocycles. The Kier molecular flexibility index (Phi) is 4.01. The molecule has 0 radical (unpaired) electrons. The molecule has 1 aromatic rings. The maximum absolute atomic E-state index is 9.87. The minimum absolute atomic E-state index is 0.0348. The lowest BCUT2D eigenvalue weighted by molar-refractivity contribution is 0.191. The van der Waals surface area contributed by atoms with E-state index in [1.807, 2.05) is 20.2 Å². The van der Waals surface area contributed by atoms with Gasteiger partial charge in [0.15, 0.2) is 0 Å². The van der Waals surface area contributed by atoms with Crippen LogP contribution < -0.4 is 10.6 Å². The number of hydrogen-bond donors (Lipinski definition) is 3. The molecule has 6 heteroatoms. The average molecular weight is 263 g/mol. The Hall–Kier alpha value is -1.66. The molecular formula is C13H21N5O. The lowest BCUT2D eigenvalue weighted by Gasteiger charge is -2.27. The molecule has 0 bridgehead atoms. The van der Waals surface area contributed by atoms with Gasteiger partial charge in [-0.3, -0.25) is 5.41 Å². The first kappa shape index (κ1) is 13.8. The van der Waals surface area contributed by atoms with Crippen LogP contribution in [-0.2, 0) is 0 Å². The molecule has 2 heterocycles. The van der Waals surface area contributed by atoms with E-state index in [2.05, 4.69) is 14.8 Å². The van der Waals surface area contributed by atoms with Crippen molar-refractivity contribution in [3.8, 4) is 0 Å². The van der Waals surface area contributed by atoms with Gasteiger partial charge < -0.3 is 20.6 Å². The number of nitrogens with zero attached hydrogens (tertiary/aromatic N) is 3. The van der Waals surface area contributed by atoms with Gasteiger partial charge in [-0.05, 0) is 32.6 Å². The van der Waals surface area contributed by atoms with Crippen molar-refractivity contribution in [2.45, 2.75) is 18.6 Å². The number of aliphatic hydroxyl groups excluding tert-OH is 1. The summed E-state index contributed by atoms with van der Waals surface area (Å²) in [6, 6.07) is 3.77. The molecule has 0 aromatic carbocycles. The van der Waals surface area contributed by atoms with Crippen LogP contribution in [0.4, 0.5) is 5.82 Å². The molecule has 2 atom stereocenters. The summed E-state index contributed by atoms with van der Waals surface area (Å²) >= 11 is 0. The fourth-order valence-electron chi connectivity index (χ4n) is 2.51. The molecule has 1 aliphatic rings. The standard InChI is InChI=1S/C13H21N5O/c1-17(2)7-10-6-11(19)8-18(10)12-5-9(13(14)15)3-4-16-12/h3-5,10-11,19H,6-8H2,1-2H3,(H3,14,15). The van der Waals surface area contributed by atoms with Gasteiger partial charge in [0.25, 0.3) is 0 Å². The third-order valence-electron chi connectivity index (χ3n) is 3.32. The molecule has 4 N–H and O–H groups in total. The molecule has 1 fully saturated rings. The van der Waals surface area contributed by atoms with Crippen LogP contribution in [0.15, 0.2) is 18.3 Å². The smallest absolute Gasteiger partial charge is 0.129 e. The first-order valence-electron chi connectivity index (χ1n) is 6.37. The molecule has 1 aromatic heterocycles. The van der Waals surface area contributed by atoms with Crippen molar-refractivity contribution in [2.24, 2.45) is 5.73 Å². The highest BCUT2D eigenvalue weighted by atomic mass is 16.3. The topological polar surface area (TPSA) is 89.5 Å². The number of pyridine rings is 1. The van der Waals surface area contributed by atoms with Gasteiger partial charge in [0, 0.05) is 30.9 Å². The summed E-state index contributed by atoms with van der Waals surface area (Å²) < 4.78 is 0. The Bertz CT molecular complexity index is 462. The fraction of sp³-hybridized carbons (Fsp3) is 0.538. The van der Waals surface area contributed by atoms with Crippen molar-refractivity contribution in [2.75, 3.05) is 32.1 Å². The summed E-state index contributed by atoms with van der Waals surface area (Å²) in [4.78, 5) is 8.54. The number of rotatable bonds is 4. The zero-order valence-corrected chi connectivity index (χ0v) is 11.4. The summed E-state index contributed by atoms with van der Waals surface area (Å²) in [5.41, 5.74) is 6.17. The van der Waals surface area contributed by atoms with E-state index in [-0.39, 0.29) is 18.0 Å². The molecule has 19 heavy (non-hydrogen) atoms. The minimum atomic E-state index is -0.326. The van der Waals surface area contributed by atoms with Gasteiger partial charge in [-0.1, -0.05) is 0 Å². The van der Waals surface area contributed by atoms with Crippen molar-refractivity contribution in [1.29, 1.82) is 5.41 Å². The second-order valence-electron chi connectivity index (χ2n) is 5.27. The van der Waals surface area contributed by atoms with E-state index in [0.717, 1.165) is 18.8 Å². The minimum Gasteiger partial charge on any atom is -0.391 e. The number of anilines is 1. The highest BCUT2D eigenvalue weighted by Gasteiger charge is 2.32. The monoisotopic (exact) mass is 263 g/mol. The number of nitrogens with one attached hydrogen (secondary N) is 1. The highest BCUT2D eigenvalue weighted by molar-refractivity contribution is 5.95. The van der Waals surface area contributed by atoms with Crippen LogP contribution >= 0.6 is 0 Å². The molecule has 2 unspecified atom stereocenters. The van der Waals surface area contributed by atoms with Gasteiger partial charge in [-0.15, -0.1) is 0 Å². The van der Waals surface area contributed by atoms with Crippen molar-refractivity contribution >= 4 is 11.7 Å². The number of hydrogen-bond acceptors (Lipinski definition) is 5. The van der Waals surface area contributed by atoms with Gasteiger partial charge in [0.2, 0.25) is 0 Å². The Morgan fingerprint density at radius 3 is 3.00 bits per heavy atom. The Morgan fingerprint density at radius 1 is 1.63 bits per heavy atom. The predicted molar refractivity (Wildman–Crippen MR) is 75.6 cm³/mol. The number of likely N-dealkylation sites (N-methyl/N-ethyl adjacent to an activating group) is 1. The fourth-order valence-corrected chi connectivity index (χ4v) is 2.51. The van der Waals surface area contributed by atoms with E-state index in [4.69, 9.17) is 11.1 Å². The first-order chi connectivity index (χ1) is 8.97. The molecule has 2 rings (SSSR count). The van der Waals surface area contributed by atoms with Crippen LogP contribution in [0.5, 0.6) is 0 Å². The van der Waals surface area contributed by atoms with Crippen LogP contribution in [0, 0.1) is 5.41 Å². The predicted octanol–water partition coefficient (Wildman–Crippen LogP) is -0.133. The summed E-state index contributed by atoms with van der Waals surface area (Å²) in [5, 5.41) is 17.3. The zero-order valence-electron chi connectivity index (χ0n) is 11.4. The number of aliphatic hydroxyl groups is 1. The van der Waals surface area contributed by atoms with E-state index >= 15 is 0 Å². The number of β-amino-alcohol motifs (C(OH)–C–C–N with tert-alkyl or cyclic N) is 1. The summed E-state index contributed by atoms with van der Waals surface area (Å²) in [6.07, 6.45) is 2.07. The lowest BCUT2D eigenvalue weighted by Crippen LogP contribution is -2.38. The van der Waals surface area contributed by atoms with Crippen LogP contribution in [0.2, 0.25) is 0 Å². The maximum atomic E-state index is 9.87. The summed E-state index contributed by atoms with van der Waals surface area (Å²) in [7, 11) is 4.03. The van der Waals surface area contributed by atoms with Crippen LogP contribution in [0.3, 0.4) is 0 Å². The second kappa shape index (κ2) is 5.54. The first-order valence-corrected chi connectivity index (χ1v) is 6.37. The molecule has 6 nitrogen and oxygen atoms in total. The Morgan fingerprint density at radius 2 is 2.37 bits per heavy atom. The van der Waals surface area contributed by atoms with E-state index in [0.29, 0.717) is 12.1 Å². The normalized spacial score (nSPS) is 23.1. The maximum Gasteiger partial charge on any atom is 0.129 e. The number of aromatic nitrogens is 1. The molecule has 1 saturated heterocycles. The third kappa shape index (κ3) is 3.21. The van der Waals surface area contributed by atoms with Gasteiger partial charge in [0.1, 0.15) is 11.7 Å². The van der Waals surface area contributed by atoms with Crippen LogP contribution in [0.25, 0.3) is 0 Å². The summed E-state index contributed by atoms with van der Waals surface area (Å²) in [5.74, 6) is 0.809. The van der Waals surface area contributed by atoms with Gasteiger partial charge in [-0.25, -0.2) is 4.98 Å². The number of nitrogen functional groups attached to an aromatic ring is 1. The third-order valence-corrected chi connectivity index (χ3v) is 3.32. The van der Waals surface area contributed by atoms with Gasteiger partial charge in [-0.2, -0.15) is 0 Å². The highest BCUT2D eigenvalue weighted by Crippen LogP contribution is 2.25. The van der Waals surface area contributed by atoms with E-state index in [1.54, 1.807) is 12.3 Å². The van der Waals surface area contributed by atoms with Crippen molar-refractivity contribution < 1.29 is 5.11 Å². The van der Waals surface area contributed by atoms with Crippen LogP contribution in [-0.4, -0.2) is 60.2 Å². The largest absolute Gasteiger partial charge is 0.391 e. The molecule has 0 amide bonds. The van der Waals surface area contributed by atoms with Crippen molar-refractivity contribution in [3.63, 3.8) is 0 Å². The molecular weight excluding hydrogens is 242 g/mol. The number of amidine groups is 1. The molecule has 0 saturated carbocycles. The molecule has 1 aliphatic heterocycles. The second-order valence-corrected chi connectivity index (χ2v) is 5.27. The Balaban J connectivity index is 2.23. The van der Waals surface area contributed by atoms with E-state index in [1.165, 1.54) is 0 Å².